The third-order valence-corrected chi connectivity index (χ3v) is 4.01. The second-order valence-electron chi connectivity index (χ2n) is 6.42. The van der Waals surface area contributed by atoms with Gasteiger partial charge in [-0.3, -0.25) is 4.79 Å². The normalized spacial score (nSPS) is 10.9. The Hall–Kier alpha value is -2.85. The number of unbranched alkanes of at least 4 members (excludes halogenated alkanes) is 2. The fraction of sp³-hybridized carbons (Fsp3) is 0.500. The van der Waals surface area contributed by atoms with Crippen LogP contribution < -0.4 is 10.6 Å². The van der Waals surface area contributed by atoms with Crippen LogP contribution in [0.3, 0.4) is 0 Å². The molecule has 0 aliphatic carbocycles. The second-order valence-corrected chi connectivity index (χ2v) is 6.42. The highest BCUT2D eigenvalue weighted by Gasteiger charge is 2.13. The van der Waals surface area contributed by atoms with Gasteiger partial charge in [0, 0.05) is 26.0 Å². The summed E-state index contributed by atoms with van der Waals surface area (Å²) in [7, 11) is 0. The molecule has 0 atom stereocenters. The minimum absolute atomic E-state index is 0.0777. The van der Waals surface area contributed by atoms with Crippen molar-refractivity contribution < 1.29 is 19.1 Å². The molecule has 0 heterocycles. The molecule has 0 aromatic heterocycles. The minimum Gasteiger partial charge on any atom is -0.462 e. The zero-order chi connectivity index (χ0) is 21.3. The molecular formula is C22H31N3O4. The standard InChI is InChI=1S/C22H31N3O4/c1-3-5-13-28-14-9-12-24-21(26)18(16-23)17-25-20-11-8-7-10-19(20)22(27)29-15-6-4-2/h7-8,10-11,17,25H,3-6,9,12-15H2,1-2H3,(H,24,26)/b18-17-. The molecule has 0 bridgehead atoms. The fourth-order valence-electron chi connectivity index (χ4n) is 2.29. The molecular weight excluding hydrogens is 370 g/mol. The Bertz CT molecular complexity index is 710. The Morgan fingerprint density at radius 2 is 1.76 bits per heavy atom. The highest BCUT2D eigenvalue weighted by molar-refractivity contribution is 5.98. The van der Waals surface area contributed by atoms with Crippen molar-refractivity contribution in [2.45, 2.75) is 46.0 Å². The molecule has 0 saturated heterocycles. The van der Waals surface area contributed by atoms with Crippen LogP contribution in [0.1, 0.15) is 56.3 Å². The number of carbonyl (C=O) groups excluding carboxylic acids is 2. The summed E-state index contributed by atoms with van der Waals surface area (Å²) in [6.45, 7) is 6.18. The van der Waals surface area contributed by atoms with E-state index in [4.69, 9.17) is 9.47 Å². The number of nitrogens with zero attached hydrogens (tertiary/aromatic N) is 1. The number of nitriles is 1. The smallest absolute Gasteiger partial charge is 0.340 e. The van der Waals surface area contributed by atoms with Crippen LogP contribution in [0.4, 0.5) is 5.69 Å². The summed E-state index contributed by atoms with van der Waals surface area (Å²) in [6.07, 6.45) is 5.80. The van der Waals surface area contributed by atoms with Crippen molar-refractivity contribution in [3.8, 4) is 6.07 Å². The van der Waals surface area contributed by atoms with E-state index < -0.39 is 11.9 Å². The molecule has 0 aliphatic heterocycles. The third kappa shape index (κ3) is 9.77. The van der Waals surface area contributed by atoms with Crippen LogP contribution in [-0.2, 0) is 14.3 Å². The average molecular weight is 402 g/mol. The number of benzene rings is 1. The lowest BCUT2D eigenvalue weighted by atomic mass is 10.1. The maximum atomic E-state index is 12.2. The number of rotatable bonds is 14. The number of esters is 1. The van der Waals surface area contributed by atoms with E-state index in [1.54, 1.807) is 24.3 Å². The van der Waals surface area contributed by atoms with E-state index in [0.717, 1.165) is 32.3 Å². The maximum Gasteiger partial charge on any atom is 0.340 e. The summed E-state index contributed by atoms with van der Waals surface area (Å²) in [4.78, 5) is 24.4. The van der Waals surface area contributed by atoms with E-state index in [1.165, 1.54) is 6.20 Å². The largest absolute Gasteiger partial charge is 0.462 e. The molecule has 0 unspecified atom stereocenters. The van der Waals surface area contributed by atoms with Gasteiger partial charge in [0.15, 0.2) is 0 Å². The predicted octanol–water partition coefficient (Wildman–Crippen LogP) is 3.79. The Kier molecular flexibility index (Phi) is 12.6. The molecule has 7 nitrogen and oxygen atoms in total. The number of hydrogen-bond acceptors (Lipinski definition) is 6. The maximum absolute atomic E-state index is 12.2. The van der Waals surface area contributed by atoms with Gasteiger partial charge < -0.3 is 20.1 Å². The van der Waals surface area contributed by atoms with E-state index in [0.29, 0.717) is 37.4 Å². The van der Waals surface area contributed by atoms with Crippen molar-refractivity contribution in [3.05, 3.63) is 41.6 Å². The molecule has 0 spiro atoms. The summed E-state index contributed by atoms with van der Waals surface area (Å²) in [5, 5.41) is 14.8. The van der Waals surface area contributed by atoms with Crippen LogP contribution in [0.25, 0.3) is 0 Å². The summed E-state index contributed by atoms with van der Waals surface area (Å²) in [5.41, 5.74) is 0.742. The number of ether oxygens (including phenoxy) is 2. The van der Waals surface area contributed by atoms with E-state index in [-0.39, 0.29) is 5.57 Å². The average Bonchev–Trinajstić information content (AvgIpc) is 2.74. The highest BCUT2D eigenvalue weighted by Crippen LogP contribution is 2.17. The first-order chi connectivity index (χ1) is 14.1. The summed E-state index contributed by atoms with van der Waals surface area (Å²) >= 11 is 0. The van der Waals surface area contributed by atoms with Crippen LogP contribution in [-0.4, -0.2) is 38.2 Å². The second kappa shape index (κ2) is 15.1. The fourth-order valence-corrected chi connectivity index (χ4v) is 2.29. The molecule has 1 amide bonds. The zero-order valence-electron chi connectivity index (χ0n) is 17.3. The lowest BCUT2D eigenvalue weighted by Crippen LogP contribution is -2.26. The molecule has 1 aromatic rings. The first kappa shape index (κ1) is 24.2. The molecule has 1 rings (SSSR count). The van der Waals surface area contributed by atoms with Gasteiger partial charge in [0.05, 0.1) is 17.9 Å². The van der Waals surface area contributed by atoms with Gasteiger partial charge in [0.1, 0.15) is 11.6 Å². The van der Waals surface area contributed by atoms with Gasteiger partial charge in [0.2, 0.25) is 0 Å². The van der Waals surface area contributed by atoms with Crippen LogP contribution in [0.15, 0.2) is 36.0 Å². The minimum atomic E-state index is -0.475. The van der Waals surface area contributed by atoms with Crippen LogP contribution in [0.2, 0.25) is 0 Å². The van der Waals surface area contributed by atoms with Gasteiger partial charge in [-0.15, -0.1) is 0 Å². The van der Waals surface area contributed by atoms with Gasteiger partial charge in [-0.25, -0.2) is 4.79 Å². The van der Waals surface area contributed by atoms with Crippen molar-refractivity contribution in [1.29, 1.82) is 5.26 Å². The topological polar surface area (TPSA) is 100 Å². The quantitative estimate of drug-likeness (QED) is 0.213. The van der Waals surface area contributed by atoms with Gasteiger partial charge >= 0.3 is 5.97 Å². The molecule has 0 aliphatic rings. The lowest BCUT2D eigenvalue weighted by molar-refractivity contribution is -0.117. The van der Waals surface area contributed by atoms with Crippen molar-refractivity contribution >= 4 is 17.6 Å². The lowest BCUT2D eigenvalue weighted by Gasteiger charge is -2.10. The Morgan fingerprint density at radius 3 is 2.48 bits per heavy atom. The van der Waals surface area contributed by atoms with Gasteiger partial charge in [-0.1, -0.05) is 38.8 Å². The first-order valence-corrected chi connectivity index (χ1v) is 10.1. The number of nitrogens with one attached hydrogen (secondary N) is 2. The Morgan fingerprint density at radius 1 is 1.07 bits per heavy atom. The van der Waals surface area contributed by atoms with Crippen molar-refractivity contribution in [3.63, 3.8) is 0 Å². The molecule has 0 radical (unpaired) electrons. The molecule has 0 fully saturated rings. The summed E-state index contributed by atoms with van der Waals surface area (Å²) < 4.78 is 10.7. The first-order valence-electron chi connectivity index (χ1n) is 10.1. The molecule has 1 aromatic carbocycles. The van der Waals surface area contributed by atoms with Crippen molar-refractivity contribution in [2.24, 2.45) is 0 Å². The van der Waals surface area contributed by atoms with Gasteiger partial charge in [-0.05, 0) is 31.4 Å². The van der Waals surface area contributed by atoms with E-state index >= 15 is 0 Å². The number of carbonyl (C=O) groups is 2. The SMILES string of the molecule is CCCCOCCCNC(=O)/C(C#N)=C\Nc1ccccc1C(=O)OCCCC. The predicted molar refractivity (Wildman–Crippen MR) is 112 cm³/mol. The molecule has 29 heavy (non-hydrogen) atoms. The summed E-state index contributed by atoms with van der Waals surface area (Å²) in [6, 6.07) is 8.67. The molecule has 158 valence electrons. The number of hydrogen-bond donors (Lipinski definition) is 2. The Balaban J connectivity index is 2.58. The van der Waals surface area contributed by atoms with E-state index in [1.807, 2.05) is 13.0 Å². The van der Waals surface area contributed by atoms with E-state index in [9.17, 15) is 14.9 Å². The third-order valence-electron chi connectivity index (χ3n) is 4.01. The van der Waals surface area contributed by atoms with Crippen LogP contribution in [0.5, 0.6) is 0 Å². The number of anilines is 1. The molecule has 0 saturated carbocycles. The van der Waals surface area contributed by atoms with Crippen molar-refractivity contribution in [1.82, 2.24) is 5.32 Å². The Labute approximate surface area is 173 Å². The van der Waals surface area contributed by atoms with Crippen LogP contribution in [0, 0.1) is 11.3 Å². The zero-order valence-corrected chi connectivity index (χ0v) is 17.3. The van der Waals surface area contributed by atoms with Crippen LogP contribution >= 0.6 is 0 Å². The number of amides is 1. The summed E-state index contributed by atoms with van der Waals surface area (Å²) in [5.74, 6) is -0.919. The van der Waals surface area contributed by atoms with Gasteiger partial charge in [-0.2, -0.15) is 5.26 Å². The molecule has 2 N–H and O–H groups in total. The molecule has 7 heteroatoms. The highest BCUT2D eigenvalue weighted by atomic mass is 16.5. The van der Waals surface area contributed by atoms with Crippen molar-refractivity contribution in [2.75, 3.05) is 31.7 Å². The van der Waals surface area contributed by atoms with E-state index in [2.05, 4.69) is 17.6 Å². The number of para-hydroxylation sites is 1. The monoisotopic (exact) mass is 401 g/mol. The van der Waals surface area contributed by atoms with Gasteiger partial charge in [0.25, 0.3) is 5.91 Å².